The fourth-order valence-corrected chi connectivity index (χ4v) is 6.77. The van der Waals surface area contributed by atoms with Gasteiger partial charge in [0.2, 0.25) is 0 Å². The number of halogens is 2. The van der Waals surface area contributed by atoms with Crippen molar-refractivity contribution < 1.29 is 8.78 Å². The number of anilines is 2. The van der Waals surface area contributed by atoms with Crippen LogP contribution in [0.3, 0.4) is 0 Å². The molecule has 0 amide bonds. The number of nitrogens with one attached hydrogen (secondary N) is 2. The summed E-state index contributed by atoms with van der Waals surface area (Å²) in [7, 11) is 0. The Hall–Kier alpha value is -3.36. The number of hydrogen-bond donors (Lipinski definition) is 2. The van der Waals surface area contributed by atoms with Crippen molar-refractivity contribution in [3.8, 4) is 0 Å². The molecule has 8 heteroatoms. The minimum Gasteiger partial charge on any atom is -0.346 e. The van der Waals surface area contributed by atoms with Gasteiger partial charge in [0.25, 0.3) is 0 Å². The second-order valence-corrected chi connectivity index (χ2v) is 12.2. The Morgan fingerprint density at radius 3 is 2.08 bits per heavy atom. The monoisotopic (exact) mass is 534 g/mol. The van der Waals surface area contributed by atoms with Crippen molar-refractivity contribution in [3.63, 3.8) is 0 Å². The third kappa shape index (κ3) is 5.08. The van der Waals surface area contributed by atoms with Gasteiger partial charge in [-0.2, -0.15) is 0 Å². The van der Waals surface area contributed by atoms with Crippen LogP contribution in [0.25, 0.3) is 0 Å². The molecule has 4 aromatic rings. The van der Waals surface area contributed by atoms with Crippen LogP contribution in [-0.2, 0) is 0 Å². The van der Waals surface area contributed by atoms with Gasteiger partial charge in [-0.3, -0.25) is 9.98 Å². The van der Waals surface area contributed by atoms with Gasteiger partial charge in [0.1, 0.15) is 23.7 Å². The average molecular weight is 535 g/mol. The van der Waals surface area contributed by atoms with Crippen LogP contribution in [0.1, 0.15) is 60.8 Å². The van der Waals surface area contributed by atoms with Crippen molar-refractivity contribution in [2.45, 2.75) is 46.7 Å². The zero-order chi connectivity index (χ0) is 26.3. The van der Waals surface area contributed by atoms with Gasteiger partial charge in [-0.05, 0) is 82.1 Å². The van der Waals surface area contributed by atoms with Gasteiger partial charge in [-0.25, -0.2) is 8.78 Å². The minimum atomic E-state index is -0.221. The van der Waals surface area contributed by atoms with Crippen molar-refractivity contribution in [2.24, 2.45) is 9.98 Å². The van der Waals surface area contributed by atoms with Gasteiger partial charge in [-0.1, -0.05) is 12.1 Å². The number of thiophene rings is 2. The lowest BCUT2D eigenvalue weighted by atomic mass is 9.96. The lowest BCUT2D eigenvalue weighted by Gasteiger charge is -2.24. The van der Waals surface area contributed by atoms with Crippen molar-refractivity contribution in [1.29, 1.82) is 0 Å². The fourth-order valence-electron chi connectivity index (χ4n) is 4.86. The number of aliphatic imine (C=N–C) groups is 2. The van der Waals surface area contributed by atoms with Crippen molar-refractivity contribution in [2.75, 3.05) is 10.6 Å². The first-order chi connectivity index (χ1) is 17.7. The van der Waals surface area contributed by atoms with Crippen LogP contribution in [-0.4, -0.2) is 12.2 Å². The molecular formula is C29H28F2N4S2. The maximum atomic E-state index is 13.9. The Labute approximate surface area is 223 Å². The van der Waals surface area contributed by atoms with Gasteiger partial charge in [0.05, 0.1) is 17.9 Å². The highest BCUT2D eigenvalue weighted by molar-refractivity contribution is 7.12. The number of fused-ring (bicyclic) bond motifs is 2. The van der Waals surface area contributed by atoms with E-state index in [1.54, 1.807) is 47.2 Å². The first-order valence-electron chi connectivity index (χ1n) is 12.0. The Balaban J connectivity index is 0.000000152. The standard InChI is InChI=1S/C15H15FN2S.C14H13FN2S/c1-8-7-12(9(2)19-8)14-11-5-4-6-13(16)15(11)18-10(3)17-14;1-8-5-11(9(2)18-8)14-12-6-10(15)3-4-13(12)16-7-17-14/h4-7,14H,1-3H3,(H,17,18);3-7,14H,1-2H3,(H,16,17). The van der Waals surface area contributed by atoms with Gasteiger partial charge in [0, 0.05) is 36.3 Å². The van der Waals surface area contributed by atoms with Crippen LogP contribution in [0, 0.1) is 39.3 Å². The molecule has 0 fully saturated rings. The number of para-hydroxylation sites is 1. The molecule has 2 N–H and O–H groups in total. The summed E-state index contributed by atoms with van der Waals surface area (Å²) in [6.07, 6.45) is 1.69. The van der Waals surface area contributed by atoms with Crippen molar-refractivity contribution in [1.82, 2.24) is 0 Å². The van der Waals surface area contributed by atoms with Crippen LogP contribution in [0.4, 0.5) is 20.2 Å². The number of aryl methyl sites for hydroxylation is 4. The highest BCUT2D eigenvalue weighted by Gasteiger charge is 2.26. The van der Waals surface area contributed by atoms with Crippen LogP contribution < -0.4 is 10.6 Å². The van der Waals surface area contributed by atoms with Gasteiger partial charge < -0.3 is 10.6 Å². The fraction of sp³-hybridized carbons (Fsp3) is 0.241. The number of rotatable bonds is 2. The molecule has 2 unspecified atom stereocenters. The van der Waals surface area contributed by atoms with E-state index in [-0.39, 0.29) is 23.7 Å². The molecule has 190 valence electrons. The molecule has 0 aliphatic carbocycles. The van der Waals surface area contributed by atoms with Gasteiger partial charge in [0.15, 0.2) is 0 Å². The molecule has 37 heavy (non-hydrogen) atoms. The zero-order valence-electron chi connectivity index (χ0n) is 21.3. The molecule has 2 aliphatic rings. The molecule has 0 saturated carbocycles. The molecule has 0 radical (unpaired) electrons. The normalized spacial score (nSPS) is 17.5. The third-order valence-electron chi connectivity index (χ3n) is 6.47. The molecule has 4 nitrogen and oxygen atoms in total. The van der Waals surface area contributed by atoms with E-state index in [4.69, 9.17) is 0 Å². The van der Waals surface area contributed by atoms with E-state index in [1.807, 2.05) is 13.0 Å². The van der Waals surface area contributed by atoms with Crippen LogP contribution in [0.5, 0.6) is 0 Å². The van der Waals surface area contributed by atoms with E-state index in [0.717, 1.165) is 22.6 Å². The highest BCUT2D eigenvalue weighted by Crippen LogP contribution is 2.40. The molecule has 2 aliphatic heterocycles. The lowest BCUT2D eigenvalue weighted by molar-refractivity contribution is 0.623. The van der Waals surface area contributed by atoms with E-state index >= 15 is 0 Å². The molecule has 2 aromatic carbocycles. The molecule has 0 saturated heterocycles. The summed E-state index contributed by atoms with van der Waals surface area (Å²) in [4.78, 5) is 14.1. The Kier molecular flexibility index (Phi) is 6.96. The summed E-state index contributed by atoms with van der Waals surface area (Å²) in [5.41, 5.74) is 5.64. The molecule has 2 atom stereocenters. The Morgan fingerprint density at radius 1 is 0.757 bits per heavy atom. The Bertz CT molecular complexity index is 1530. The smallest absolute Gasteiger partial charge is 0.147 e. The molecule has 4 heterocycles. The SMILES string of the molecule is CC1=NC(c2cc(C)sc2C)c2cccc(F)c2N1.Cc1cc(C2N=CNc3ccc(F)cc32)c(C)s1. The summed E-state index contributed by atoms with van der Waals surface area (Å²) < 4.78 is 27.3. The van der Waals surface area contributed by atoms with E-state index < -0.39 is 0 Å². The minimum absolute atomic E-state index is 0.0955. The van der Waals surface area contributed by atoms with Crippen LogP contribution in [0.15, 0.2) is 58.5 Å². The molecule has 0 bridgehead atoms. The van der Waals surface area contributed by atoms with Gasteiger partial charge in [-0.15, -0.1) is 22.7 Å². The zero-order valence-corrected chi connectivity index (χ0v) is 23.0. The van der Waals surface area contributed by atoms with Crippen molar-refractivity contribution >= 4 is 46.2 Å². The second-order valence-electron chi connectivity index (χ2n) is 9.24. The molecule has 2 aromatic heterocycles. The topological polar surface area (TPSA) is 48.8 Å². The lowest BCUT2D eigenvalue weighted by Crippen LogP contribution is -2.19. The Morgan fingerprint density at radius 2 is 1.43 bits per heavy atom. The summed E-state index contributed by atoms with van der Waals surface area (Å²) in [5.74, 6) is 0.314. The molecule has 0 spiro atoms. The summed E-state index contributed by atoms with van der Waals surface area (Å²) in [6, 6.07) is 14.1. The van der Waals surface area contributed by atoms with Crippen LogP contribution >= 0.6 is 22.7 Å². The maximum Gasteiger partial charge on any atom is 0.147 e. The first-order valence-corrected chi connectivity index (χ1v) is 13.7. The average Bonchev–Trinajstić information content (AvgIpc) is 3.38. The quantitative estimate of drug-likeness (QED) is 0.271. The van der Waals surface area contributed by atoms with Crippen LogP contribution in [0.2, 0.25) is 0 Å². The molecule has 6 rings (SSSR count). The summed E-state index contributed by atoms with van der Waals surface area (Å²) in [6.45, 7) is 10.2. The van der Waals surface area contributed by atoms with E-state index in [1.165, 1.54) is 42.8 Å². The number of benzene rings is 2. The largest absolute Gasteiger partial charge is 0.346 e. The molecular weight excluding hydrogens is 506 g/mol. The maximum absolute atomic E-state index is 13.9. The first kappa shape index (κ1) is 25.3. The summed E-state index contributed by atoms with van der Waals surface area (Å²) in [5, 5.41) is 6.09. The highest BCUT2D eigenvalue weighted by atomic mass is 32.1. The second kappa shape index (κ2) is 10.2. The number of amidine groups is 1. The van der Waals surface area contributed by atoms with E-state index in [9.17, 15) is 8.78 Å². The number of nitrogens with zero attached hydrogens (tertiary/aromatic N) is 2. The third-order valence-corrected chi connectivity index (χ3v) is 8.43. The van der Waals surface area contributed by atoms with E-state index in [0.29, 0.717) is 5.69 Å². The summed E-state index contributed by atoms with van der Waals surface area (Å²) >= 11 is 3.51. The van der Waals surface area contributed by atoms with Gasteiger partial charge >= 0.3 is 0 Å². The van der Waals surface area contributed by atoms with E-state index in [2.05, 4.69) is 60.4 Å². The number of hydrogen-bond acceptors (Lipinski definition) is 6. The predicted molar refractivity (Wildman–Crippen MR) is 153 cm³/mol. The van der Waals surface area contributed by atoms with Crippen molar-refractivity contribution in [3.05, 3.63) is 102 Å². The predicted octanol–water partition coefficient (Wildman–Crippen LogP) is 8.48.